The molecule has 1 aliphatic rings. The third-order valence-corrected chi connectivity index (χ3v) is 4.18. The van der Waals surface area contributed by atoms with Crippen LogP contribution in [0.25, 0.3) is 0 Å². The Bertz CT molecular complexity index is 529. The number of carbonyl (C=O) groups is 1. The summed E-state index contributed by atoms with van der Waals surface area (Å²) >= 11 is 2.06. The zero-order chi connectivity index (χ0) is 14.7. The summed E-state index contributed by atoms with van der Waals surface area (Å²) in [4.78, 5) is 22.5. The molecule has 1 aromatic rings. The molecule has 0 saturated carbocycles. The van der Waals surface area contributed by atoms with Gasteiger partial charge in [-0.1, -0.05) is 0 Å². The van der Waals surface area contributed by atoms with Crippen LogP contribution in [0.4, 0.5) is 16.2 Å². The minimum atomic E-state index is -0.881. The van der Waals surface area contributed by atoms with Crippen LogP contribution in [-0.4, -0.2) is 40.2 Å². The van der Waals surface area contributed by atoms with Crippen molar-refractivity contribution >= 4 is 40.1 Å². The van der Waals surface area contributed by atoms with E-state index in [1.54, 1.807) is 6.07 Å². The third kappa shape index (κ3) is 3.50. The summed E-state index contributed by atoms with van der Waals surface area (Å²) in [6, 6.07) is 4.89. The number of nitro benzene ring substituents is 1. The summed E-state index contributed by atoms with van der Waals surface area (Å²) in [5.41, 5.74) is 0.922. The van der Waals surface area contributed by atoms with Crippen LogP contribution >= 0.6 is 22.6 Å². The fourth-order valence-electron chi connectivity index (χ4n) is 2.17. The largest absolute Gasteiger partial charge is 0.465 e. The number of anilines is 1. The van der Waals surface area contributed by atoms with Gasteiger partial charge in [0.05, 0.1) is 4.92 Å². The van der Waals surface area contributed by atoms with Gasteiger partial charge in [-0.05, 0) is 41.5 Å². The lowest BCUT2D eigenvalue weighted by Gasteiger charge is -2.31. The molecular formula is C12H14IN3O4. The Morgan fingerprint density at radius 2 is 2.10 bits per heavy atom. The molecule has 1 aliphatic heterocycles. The molecule has 0 aliphatic carbocycles. The summed E-state index contributed by atoms with van der Waals surface area (Å²) in [7, 11) is 0. The summed E-state index contributed by atoms with van der Waals surface area (Å²) in [6.07, 6.45) is 0.590. The molecule has 1 fully saturated rings. The minimum Gasteiger partial charge on any atom is -0.465 e. The topological polar surface area (TPSA) is 95.7 Å². The van der Waals surface area contributed by atoms with Crippen molar-refractivity contribution < 1.29 is 14.8 Å². The molecule has 0 aromatic heterocycles. The first-order chi connectivity index (χ1) is 9.47. The molecule has 20 heavy (non-hydrogen) atoms. The highest BCUT2D eigenvalue weighted by Crippen LogP contribution is 2.26. The van der Waals surface area contributed by atoms with Crippen LogP contribution in [0.5, 0.6) is 0 Å². The first-order valence-corrected chi connectivity index (χ1v) is 7.23. The quantitative estimate of drug-likeness (QED) is 0.469. The second-order valence-electron chi connectivity index (χ2n) is 4.61. The van der Waals surface area contributed by atoms with Crippen LogP contribution in [0.3, 0.4) is 0 Å². The summed E-state index contributed by atoms with van der Waals surface area (Å²) in [5.74, 6) is 0. The molecule has 2 rings (SSSR count). The number of nitrogens with one attached hydrogen (secondary N) is 1. The van der Waals surface area contributed by atoms with Gasteiger partial charge >= 0.3 is 6.09 Å². The maximum atomic E-state index is 10.8. The number of nitrogens with zero attached hydrogens (tertiary/aromatic N) is 2. The molecule has 8 heteroatoms. The molecule has 2 N–H and O–H groups in total. The first kappa shape index (κ1) is 14.8. The Kier molecular flexibility index (Phi) is 4.63. The maximum Gasteiger partial charge on any atom is 0.407 e. The predicted octanol–water partition coefficient (Wildman–Crippen LogP) is 2.75. The van der Waals surface area contributed by atoms with Gasteiger partial charge in [-0.25, -0.2) is 4.79 Å². The number of halogens is 1. The van der Waals surface area contributed by atoms with Crippen LogP contribution in [0.2, 0.25) is 0 Å². The highest BCUT2D eigenvalue weighted by Gasteiger charge is 2.22. The average Bonchev–Trinajstić information content (AvgIpc) is 2.41. The Hall–Kier alpha value is -1.58. The van der Waals surface area contributed by atoms with Crippen LogP contribution in [0, 0.1) is 13.7 Å². The number of likely N-dealkylation sites (tertiary alicyclic amines) is 1. The molecule has 1 saturated heterocycles. The average molecular weight is 391 g/mol. The Morgan fingerprint density at radius 1 is 1.45 bits per heavy atom. The zero-order valence-electron chi connectivity index (χ0n) is 10.6. The maximum absolute atomic E-state index is 10.8. The van der Waals surface area contributed by atoms with Gasteiger partial charge in [0.1, 0.15) is 0 Å². The fourth-order valence-corrected chi connectivity index (χ4v) is 2.82. The van der Waals surface area contributed by atoms with Crippen molar-refractivity contribution in [2.24, 2.45) is 0 Å². The predicted molar refractivity (Wildman–Crippen MR) is 82.1 cm³/mol. The number of carboxylic acid groups (broad SMARTS) is 1. The number of nitro groups is 1. The fraction of sp³-hybridized carbons (Fsp3) is 0.417. The molecular weight excluding hydrogens is 377 g/mol. The highest BCUT2D eigenvalue weighted by molar-refractivity contribution is 14.1. The van der Waals surface area contributed by atoms with Crippen molar-refractivity contribution in [2.45, 2.75) is 18.9 Å². The summed E-state index contributed by atoms with van der Waals surface area (Å²) in [6.45, 7) is 1.02. The molecule has 1 heterocycles. The van der Waals surface area contributed by atoms with E-state index in [0.29, 0.717) is 13.1 Å². The van der Waals surface area contributed by atoms with E-state index in [9.17, 15) is 14.9 Å². The summed E-state index contributed by atoms with van der Waals surface area (Å²) in [5, 5.41) is 22.9. The number of amides is 1. The third-order valence-electron chi connectivity index (χ3n) is 3.29. The van der Waals surface area contributed by atoms with Gasteiger partial charge in [0.2, 0.25) is 0 Å². The molecule has 0 unspecified atom stereocenters. The standard InChI is InChI=1S/C12H14IN3O4/c13-10-7-9(16(19)20)1-2-11(10)14-8-3-5-15(6-4-8)12(17)18/h1-2,7-8,14H,3-6H2,(H,17,18). The van der Waals surface area contributed by atoms with Gasteiger partial charge in [0.15, 0.2) is 0 Å². The van der Waals surface area contributed by atoms with Crippen molar-refractivity contribution in [3.05, 3.63) is 31.9 Å². The Balaban J connectivity index is 1.98. The highest BCUT2D eigenvalue weighted by atomic mass is 127. The van der Waals surface area contributed by atoms with E-state index in [4.69, 9.17) is 5.11 Å². The van der Waals surface area contributed by atoms with Gasteiger partial charge in [0, 0.05) is 40.5 Å². The van der Waals surface area contributed by atoms with E-state index in [1.807, 2.05) is 0 Å². The SMILES string of the molecule is O=C(O)N1CCC(Nc2ccc([N+](=O)[O-])cc2I)CC1. The van der Waals surface area contributed by atoms with Gasteiger partial charge in [-0.15, -0.1) is 0 Å². The molecule has 0 atom stereocenters. The zero-order valence-corrected chi connectivity index (χ0v) is 12.7. The van der Waals surface area contributed by atoms with Crippen LogP contribution in [-0.2, 0) is 0 Å². The molecule has 0 radical (unpaired) electrons. The van der Waals surface area contributed by atoms with Crippen molar-refractivity contribution in [2.75, 3.05) is 18.4 Å². The van der Waals surface area contributed by atoms with Gasteiger partial charge < -0.3 is 15.3 Å². The van der Waals surface area contributed by atoms with E-state index in [-0.39, 0.29) is 11.7 Å². The second-order valence-corrected chi connectivity index (χ2v) is 5.77. The van der Waals surface area contributed by atoms with E-state index < -0.39 is 11.0 Å². The van der Waals surface area contributed by atoms with Crippen molar-refractivity contribution in [1.29, 1.82) is 0 Å². The molecule has 1 aromatic carbocycles. The first-order valence-electron chi connectivity index (χ1n) is 6.15. The lowest BCUT2D eigenvalue weighted by Crippen LogP contribution is -2.41. The van der Waals surface area contributed by atoms with Gasteiger partial charge in [0.25, 0.3) is 5.69 Å². The number of hydrogen-bond donors (Lipinski definition) is 2. The second kappa shape index (κ2) is 6.25. The lowest BCUT2D eigenvalue weighted by atomic mass is 10.1. The van der Waals surface area contributed by atoms with E-state index in [0.717, 1.165) is 22.1 Å². The van der Waals surface area contributed by atoms with Crippen molar-refractivity contribution in [3.8, 4) is 0 Å². The van der Waals surface area contributed by atoms with Crippen molar-refractivity contribution in [3.63, 3.8) is 0 Å². The number of non-ortho nitro benzene ring substituents is 1. The molecule has 0 spiro atoms. The number of benzene rings is 1. The molecule has 108 valence electrons. The van der Waals surface area contributed by atoms with Crippen LogP contribution in [0.15, 0.2) is 18.2 Å². The Labute approximate surface area is 129 Å². The number of rotatable bonds is 3. The number of piperidine rings is 1. The molecule has 7 nitrogen and oxygen atoms in total. The minimum absolute atomic E-state index is 0.0700. The Morgan fingerprint density at radius 3 is 2.60 bits per heavy atom. The van der Waals surface area contributed by atoms with E-state index in [2.05, 4.69) is 27.9 Å². The molecule has 1 amide bonds. The summed E-state index contributed by atoms with van der Waals surface area (Å²) < 4.78 is 0.789. The van der Waals surface area contributed by atoms with Crippen LogP contribution < -0.4 is 5.32 Å². The number of hydrogen-bond acceptors (Lipinski definition) is 4. The van der Waals surface area contributed by atoms with Gasteiger partial charge in [-0.3, -0.25) is 10.1 Å². The van der Waals surface area contributed by atoms with E-state index in [1.165, 1.54) is 17.0 Å². The monoisotopic (exact) mass is 391 g/mol. The van der Waals surface area contributed by atoms with E-state index >= 15 is 0 Å². The molecule has 0 bridgehead atoms. The lowest BCUT2D eigenvalue weighted by molar-refractivity contribution is -0.384. The van der Waals surface area contributed by atoms with Crippen LogP contribution in [0.1, 0.15) is 12.8 Å². The normalized spacial score (nSPS) is 15.9. The van der Waals surface area contributed by atoms with Gasteiger partial charge in [-0.2, -0.15) is 0 Å². The smallest absolute Gasteiger partial charge is 0.407 e. The van der Waals surface area contributed by atoms with Crippen molar-refractivity contribution in [1.82, 2.24) is 4.90 Å².